The molecule has 6 rings (SSSR count). The van der Waals surface area contributed by atoms with Gasteiger partial charge >= 0.3 is 0 Å². The van der Waals surface area contributed by atoms with Gasteiger partial charge in [-0.3, -0.25) is 9.69 Å². The molecule has 1 amide bonds. The van der Waals surface area contributed by atoms with Crippen LogP contribution in [0.4, 0.5) is 5.82 Å². The lowest BCUT2D eigenvalue weighted by Gasteiger charge is -2.31. The summed E-state index contributed by atoms with van der Waals surface area (Å²) < 4.78 is 7.52. The van der Waals surface area contributed by atoms with E-state index in [1.165, 1.54) is 5.56 Å². The van der Waals surface area contributed by atoms with Crippen molar-refractivity contribution in [2.45, 2.75) is 25.8 Å². The molecule has 0 aliphatic carbocycles. The Labute approximate surface area is 240 Å². The molecule has 0 radical (unpaired) electrons. The van der Waals surface area contributed by atoms with E-state index in [1.807, 2.05) is 66.7 Å². The minimum atomic E-state index is -0.186. The number of nitrogens with zero attached hydrogens (tertiary/aromatic N) is 3. The second-order valence-corrected chi connectivity index (χ2v) is 10.9. The summed E-state index contributed by atoms with van der Waals surface area (Å²) in [5.74, 6) is 1.74. The highest BCUT2D eigenvalue weighted by Gasteiger charge is 2.20. The van der Waals surface area contributed by atoms with Gasteiger partial charge in [-0.15, -0.1) is 0 Å². The number of rotatable bonds is 8. The number of fused-ring (bicyclic) bond motifs is 3. The minimum Gasteiger partial charge on any atom is -0.497 e. The Morgan fingerprint density at radius 3 is 2.44 bits per heavy atom. The maximum Gasteiger partial charge on any atom is 0.256 e. The Hall–Kier alpha value is -4.20. The van der Waals surface area contributed by atoms with Crippen LogP contribution in [0.1, 0.15) is 35.2 Å². The highest BCUT2D eigenvalue weighted by Crippen LogP contribution is 2.36. The first-order valence-electron chi connectivity index (χ1n) is 14.3. The van der Waals surface area contributed by atoms with Gasteiger partial charge in [0.05, 0.1) is 18.3 Å². The SMILES string of the molecule is COc1ccc(-c2nc(NC(=O)c3ccc(CN4CCC(CCO)CC4)cc3)cc3c4ccccc4n(C)c23)cc1. The van der Waals surface area contributed by atoms with Crippen LogP contribution in [-0.2, 0) is 13.6 Å². The lowest BCUT2D eigenvalue weighted by Crippen LogP contribution is -2.33. The van der Waals surface area contributed by atoms with Crippen molar-refractivity contribution >= 4 is 33.5 Å². The topological polar surface area (TPSA) is 79.6 Å². The summed E-state index contributed by atoms with van der Waals surface area (Å²) in [4.78, 5) is 20.7. The molecule has 2 N–H and O–H groups in total. The number of pyridine rings is 1. The van der Waals surface area contributed by atoms with Gasteiger partial charge in [-0.2, -0.15) is 0 Å². The number of carbonyl (C=O) groups is 1. The summed E-state index contributed by atoms with van der Waals surface area (Å²) >= 11 is 0. The van der Waals surface area contributed by atoms with E-state index in [0.717, 1.165) is 77.7 Å². The fourth-order valence-electron chi connectivity index (χ4n) is 6.04. The maximum absolute atomic E-state index is 13.3. The Kier molecular flexibility index (Phi) is 7.72. The molecule has 0 bridgehead atoms. The van der Waals surface area contributed by atoms with Gasteiger partial charge in [-0.1, -0.05) is 30.3 Å². The fourth-order valence-corrected chi connectivity index (χ4v) is 6.04. The molecule has 1 aliphatic heterocycles. The van der Waals surface area contributed by atoms with Crippen LogP contribution in [-0.4, -0.2) is 52.3 Å². The van der Waals surface area contributed by atoms with Gasteiger partial charge in [0.25, 0.3) is 5.91 Å². The summed E-state index contributed by atoms with van der Waals surface area (Å²) in [5.41, 5.74) is 5.66. The van der Waals surface area contributed by atoms with Crippen molar-refractivity contribution in [3.8, 4) is 17.0 Å². The second kappa shape index (κ2) is 11.7. The predicted octanol–water partition coefficient (Wildman–Crippen LogP) is 6.25. The maximum atomic E-state index is 13.3. The largest absolute Gasteiger partial charge is 0.497 e. The molecular formula is C34H36N4O3. The minimum absolute atomic E-state index is 0.186. The lowest BCUT2D eigenvalue weighted by atomic mass is 9.93. The molecular weight excluding hydrogens is 512 g/mol. The Morgan fingerprint density at radius 1 is 1.00 bits per heavy atom. The van der Waals surface area contributed by atoms with Crippen molar-refractivity contribution in [3.05, 3.63) is 90.0 Å². The van der Waals surface area contributed by atoms with E-state index < -0.39 is 0 Å². The average Bonchev–Trinajstić information content (AvgIpc) is 3.30. The number of anilines is 1. The number of carbonyl (C=O) groups excluding carboxylic acids is 1. The van der Waals surface area contributed by atoms with Gasteiger partial charge in [0.1, 0.15) is 11.6 Å². The Bertz CT molecular complexity index is 1670. The molecule has 1 aliphatic rings. The number of ether oxygens (including phenoxy) is 1. The van der Waals surface area contributed by atoms with Gasteiger partial charge in [0.2, 0.25) is 0 Å². The first kappa shape index (κ1) is 27.0. The average molecular weight is 549 g/mol. The van der Waals surface area contributed by atoms with Crippen molar-refractivity contribution in [3.63, 3.8) is 0 Å². The van der Waals surface area contributed by atoms with Crippen molar-refractivity contribution in [2.24, 2.45) is 13.0 Å². The number of amides is 1. The van der Waals surface area contributed by atoms with E-state index in [1.54, 1.807) is 7.11 Å². The fraction of sp³-hybridized carbons (Fsp3) is 0.294. The molecule has 3 aromatic carbocycles. The first-order chi connectivity index (χ1) is 20.0. The molecule has 7 nitrogen and oxygen atoms in total. The number of aliphatic hydroxyl groups excluding tert-OH is 1. The molecule has 0 unspecified atom stereocenters. The molecule has 3 heterocycles. The number of aryl methyl sites for hydroxylation is 1. The molecule has 0 atom stereocenters. The highest BCUT2D eigenvalue weighted by molar-refractivity contribution is 6.14. The van der Waals surface area contributed by atoms with E-state index >= 15 is 0 Å². The van der Waals surface area contributed by atoms with Gasteiger partial charge in [-0.05, 0) is 92.4 Å². The van der Waals surface area contributed by atoms with E-state index in [0.29, 0.717) is 17.3 Å². The molecule has 0 saturated carbocycles. The molecule has 7 heteroatoms. The van der Waals surface area contributed by atoms with Crippen molar-refractivity contribution in [1.82, 2.24) is 14.5 Å². The second-order valence-electron chi connectivity index (χ2n) is 10.9. The number of aromatic nitrogens is 2. The van der Waals surface area contributed by atoms with Crippen LogP contribution < -0.4 is 10.1 Å². The summed E-state index contributed by atoms with van der Waals surface area (Å²) in [6.45, 7) is 3.25. The standard InChI is InChI=1S/C34H36N4O3/c1-37-30-6-4-3-5-28(30)29-21-31(35-32(33(29)37)25-11-13-27(41-2)14-12-25)36-34(40)26-9-7-24(8-10-26)22-38-18-15-23(16-19-38)17-20-39/h3-14,21,23,39H,15-20,22H2,1-2H3,(H,35,36,40). The molecule has 2 aromatic heterocycles. The monoisotopic (exact) mass is 548 g/mol. The molecule has 0 spiro atoms. The number of hydrogen-bond acceptors (Lipinski definition) is 5. The van der Waals surface area contributed by atoms with Gasteiger partial charge in [0.15, 0.2) is 0 Å². The predicted molar refractivity (Wildman–Crippen MR) is 164 cm³/mol. The molecule has 1 saturated heterocycles. The number of piperidine rings is 1. The Balaban J connectivity index is 1.25. The molecule has 1 fully saturated rings. The van der Waals surface area contributed by atoms with Gasteiger partial charge in [0, 0.05) is 47.6 Å². The van der Waals surface area contributed by atoms with Crippen LogP contribution in [0.2, 0.25) is 0 Å². The summed E-state index contributed by atoms with van der Waals surface area (Å²) in [6.07, 6.45) is 3.17. The van der Waals surface area contributed by atoms with Crippen LogP contribution in [0.15, 0.2) is 78.9 Å². The number of likely N-dealkylation sites (tertiary alicyclic amines) is 1. The van der Waals surface area contributed by atoms with Crippen molar-refractivity contribution < 1.29 is 14.6 Å². The molecule has 41 heavy (non-hydrogen) atoms. The number of methoxy groups -OCH3 is 1. The van der Waals surface area contributed by atoms with E-state index in [2.05, 4.69) is 34.0 Å². The normalized spacial score (nSPS) is 14.5. The molecule has 5 aromatic rings. The van der Waals surface area contributed by atoms with E-state index in [-0.39, 0.29) is 12.5 Å². The summed E-state index contributed by atoms with van der Waals surface area (Å²) in [5, 5.41) is 14.4. The van der Waals surface area contributed by atoms with Crippen molar-refractivity contribution in [1.29, 1.82) is 0 Å². The number of hydrogen-bond donors (Lipinski definition) is 2. The zero-order valence-electron chi connectivity index (χ0n) is 23.6. The van der Waals surface area contributed by atoms with Crippen molar-refractivity contribution in [2.75, 3.05) is 32.1 Å². The highest BCUT2D eigenvalue weighted by atomic mass is 16.5. The smallest absolute Gasteiger partial charge is 0.256 e. The van der Waals surface area contributed by atoms with E-state index in [9.17, 15) is 9.90 Å². The van der Waals surface area contributed by atoms with Crippen LogP contribution in [0.3, 0.4) is 0 Å². The third-order valence-corrected chi connectivity index (χ3v) is 8.36. The summed E-state index contributed by atoms with van der Waals surface area (Å²) in [7, 11) is 3.71. The zero-order valence-corrected chi connectivity index (χ0v) is 23.6. The zero-order chi connectivity index (χ0) is 28.3. The quantitative estimate of drug-likeness (QED) is 0.240. The lowest BCUT2D eigenvalue weighted by molar-refractivity contribution is 0.102. The number of benzene rings is 3. The third-order valence-electron chi connectivity index (χ3n) is 8.36. The van der Waals surface area contributed by atoms with Crippen LogP contribution in [0, 0.1) is 5.92 Å². The Morgan fingerprint density at radius 2 is 1.73 bits per heavy atom. The number of aliphatic hydroxyl groups is 1. The molecule has 210 valence electrons. The van der Waals surface area contributed by atoms with Crippen LogP contribution >= 0.6 is 0 Å². The number of para-hydroxylation sites is 1. The third kappa shape index (κ3) is 5.56. The number of nitrogens with one attached hydrogen (secondary N) is 1. The van der Waals surface area contributed by atoms with Crippen LogP contribution in [0.5, 0.6) is 5.75 Å². The first-order valence-corrected chi connectivity index (χ1v) is 14.3. The van der Waals surface area contributed by atoms with Gasteiger partial charge < -0.3 is 19.7 Å². The van der Waals surface area contributed by atoms with E-state index in [4.69, 9.17) is 9.72 Å². The van der Waals surface area contributed by atoms with Gasteiger partial charge in [-0.25, -0.2) is 4.98 Å². The van der Waals surface area contributed by atoms with Crippen LogP contribution in [0.25, 0.3) is 33.1 Å². The summed E-state index contributed by atoms with van der Waals surface area (Å²) in [6, 6.07) is 26.0.